The molecule has 0 aliphatic carbocycles. The third-order valence-electron chi connectivity index (χ3n) is 6.33. The number of carbonyl (C=O) groups is 2. The lowest BCUT2D eigenvalue weighted by atomic mass is 9.82. The number of nitrogens with one attached hydrogen (secondary N) is 3. The molecule has 2 amide bonds. The van der Waals surface area contributed by atoms with Gasteiger partial charge in [-0.05, 0) is 36.3 Å². The molecule has 6 nitrogen and oxygen atoms in total. The van der Waals surface area contributed by atoms with Gasteiger partial charge in [0.1, 0.15) is 0 Å². The smallest absolute Gasteiger partial charge is 0.252 e. The molecule has 0 spiro atoms. The number of amides is 2. The van der Waals surface area contributed by atoms with E-state index in [1.165, 1.54) is 6.42 Å². The SMILES string of the molecule is CCC1CNNC1C1CCN(C(=O)CC2NC(=O)c3ccccc32)CC1. The molecule has 1 aromatic rings. The van der Waals surface area contributed by atoms with Gasteiger partial charge in [0.05, 0.1) is 12.5 Å². The maximum atomic E-state index is 12.8. The molecular weight excluding hydrogens is 328 g/mol. The Morgan fingerprint density at radius 1 is 1.23 bits per heavy atom. The minimum absolute atomic E-state index is 0.0671. The molecule has 6 heteroatoms. The number of carbonyl (C=O) groups excluding carboxylic acids is 2. The van der Waals surface area contributed by atoms with E-state index in [4.69, 9.17) is 0 Å². The highest BCUT2D eigenvalue weighted by Crippen LogP contribution is 2.31. The molecule has 3 aliphatic heterocycles. The average molecular weight is 356 g/mol. The summed E-state index contributed by atoms with van der Waals surface area (Å²) in [6.45, 7) is 4.93. The third-order valence-corrected chi connectivity index (χ3v) is 6.33. The Morgan fingerprint density at radius 2 is 2.00 bits per heavy atom. The van der Waals surface area contributed by atoms with Crippen LogP contribution in [0.4, 0.5) is 0 Å². The van der Waals surface area contributed by atoms with Gasteiger partial charge in [0.2, 0.25) is 5.91 Å². The van der Waals surface area contributed by atoms with Crippen LogP contribution < -0.4 is 16.2 Å². The van der Waals surface area contributed by atoms with Crippen LogP contribution in [0.3, 0.4) is 0 Å². The Bertz CT molecular complexity index is 684. The van der Waals surface area contributed by atoms with Gasteiger partial charge in [-0.2, -0.15) is 0 Å². The molecule has 0 saturated carbocycles. The topological polar surface area (TPSA) is 73.5 Å². The van der Waals surface area contributed by atoms with E-state index in [0.717, 1.165) is 38.0 Å². The predicted octanol–water partition coefficient (Wildman–Crippen LogP) is 1.60. The van der Waals surface area contributed by atoms with Gasteiger partial charge in [-0.1, -0.05) is 31.5 Å². The summed E-state index contributed by atoms with van der Waals surface area (Å²) in [5, 5.41) is 2.95. The number of benzene rings is 1. The van der Waals surface area contributed by atoms with Gasteiger partial charge in [-0.15, -0.1) is 0 Å². The molecule has 1 aromatic carbocycles. The molecule has 0 aromatic heterocycles. The Labute approximate surface area is 154 Å². The van der Waals surface area contributed by atoms with Crippen molar-refractivity contribution in [2.45, 2.75) is 44.7 Å². The largest absolute Gasteiger partial charge is 0.345 e. The molecule has 3 heterocycles. The van der Waals surface area contributed by atoms with E-state index in [1.54, 1.807) is 0 Å². The van der Waals surface area contributed by atoms with Gasteiger partial charge in [-0.3, -0.25) is 20.4 Å². The number of piperidine rings is 1. The maximum Gasteiger partial charge on any atom is 0.252 e. The van der Waals surface area contributed by atoms with Crippen molar-refractivity contribution in [1.82, 2.24) is 21.1 Å². The van der Waals surface area contributed by atoms with Gasteiger partial charge in [-0.25, -0.2) is 0 Å². The number of nitrogens with zero attached hydrogens (tertiary/aromatic N) is 1. The number of hydrazine groups is 1. The number of likely N-dealkylation sites (tertiary alicyclic amines) is 1. The summed E-state index contributed by atoms with van der Waals surface area (Å²) in [6.07, 6.45) is 3.64. The number of rotatable bonds is 4. The molecular formula is C20H28N4O2. The highest BCUT2D eigenvalue weighted by atomic mass is 16.2. The van der Waals surface area contributed by atoms with E-state index in [2.05, 4.69) is 23.1 Å². The standard InChI is InChI=1S/C20H28N4O2/c1-2-13-12-21-23-19(13)14-7-9-24(10-8-14)18(25)11-17-15-5-3-4-6-16(15)20(26)22-17/h3-6,13-14,17,19,21,23H,2,7-12H2,1H3,(H,22,26). The molecule has 140 valence electrons. The number of hydrogen-bond acceptors (Lipinski definition) is 4. The van der Waals surface area contributed by atoms with Gasteiger partial charge in [0, 0.05) is 31.2 Å². The molecule has 3 aliphatic rings. The fraction of sp³-hybridized carbons (Fsp3) is 0.600. The van der Waals surface area contributed by atoms with Crippen LogP contribution in [0.5, 0.6) is 0 Å². The van der Waals surface area contributed by atoms with Crippen LogP contribution in [0.1, 0.15) is 54.6 Å². The molecule has 0 bridgehead atoms. The lowest BCUT2D eigenvalue weighted by Crippen LogP contribution is -2.46. The van der Waals surface area contributed by atoms with E-state index in [-0.39, 0.29) is 17.9 Å². The second-order valence-corrected chi connectivity index (χ2v) is 7.75. The summed E-state index contributed by atoms with van der Waals surface area (Å²) >= 11 is 0. The predicted molar refractivity (Wildman–Crippen MR) is 99.3 cm³/mol. The molecule has 2 saturated heterocycles. The van der Waals surface area contributed by atoms with Crippen LogP contribution >= 0.6 is 0 Å². The molecule has 4 rings (SSSR count). The number of fused-ring (bicyclic) bond motifs is 1. The summed E-state index contributed by atoms with van der Waals surface area (Å²) in [6, 6.07) is 7.90. The first-order valence-corrected chi connectivity index (χ1v) is 9.83. The second kappa shape index (κ2) is 7.37. The Morgan fingerprint density at radius 3 is 2.77 bits per heavy atom. The molecule has 0 radical (unpaired) electrons. The van der Waals surface area contributed by atoms with Crippen molar-refractivity contribution >= 4 is 11.8 Å². The van der Waals surface area contributed by atoms with Crippen LogP contribution in [0.15, 0.2) is 24.3 Å². The van der Waals surface area contributed by atoms with Crippen molar-refractivity contribution in [2.24, 2.45) is 11.8 Å². The van der Waals surface area contributed by atoms with Crippen LogP contribution in [-0.4, -0.2) is 42.4 Å². The second-order valence-electron chi connectivity index (χ2n) is 7.75. The molecule has 3 N–H and O–H groups in total. The lowest BCUT2D eigenvalue weighted by molar-refractivity contribution is -0.133. The van der Waals surface area contributed by atoms with Crippen molar-refractivity contribution < 1.29 is 9.59 Å². The first-order chi connectivity index (χ1) is 12.7. The Hall–Kier alpha value is -1.92. The van der Waals surface area contributed by atoms with Crippen molar-refractivity contribution in [2.75, 3.05) is 19.6 Å². The molecule has 3 unspecified atom stereocenters. The zero-order valence-electron chi connectivity index (χ0n) is 15.3. The summed E-state index contributed by atoms with van der Waals surface area (Å²) in [5.74, 6) is 1.40. The zero-order valence-corrected chi connectivity index (χ0v) is 15.3. The first kappa shape index (κ1) is 17.5. The van der Waals surface area contributed by atoms with Crippen LogP contribution in [-0.2, 0) is 4.79 Å². The molecule has 3 atom stereocenters. The monoisotopic (exact) mass is 356 g/mol. The quantitative estimate of drug-likeness (QED) is 0.766. The fourth-order valence-corrected chi connectivity index (χ4v) is 4.75. The normalized spacial score (nSPS) is 28.9. The van der Waals surface area contributed by atoms with E-state index in [9.17, 15) is 9.59 Å². The minimum Gasteiger partial charge on any atom is -0.345 e. The summed E-state index contributed by atoms with van der Waals surface area (Å²) in [7, 11) is 0. The first-order valence-electron chi connectivity index (χ1n) is 9.83. The lowest BCUT2D eigenvalue weighted by Gasteiger charge is -2.36. The van der Waals surface area contributed by atoms with E-state index >= 15 is 0 Å². The van der Waals surface area contributed by atoms with E-state index < -0.39 is 0 Å². The van der Waals surface area contributed by atoms with Crippen molar-refractivity contribution in [1.29, 1.82) is 0 Å². The van der Waals surface area contributed by atoms with Gasteiger partial charge in [0.15, 0.2) is 0 Å². The van der Waals surface area contributed by atoms with Gasteiger partial charge >= 0.3 is 0 Å². The van der Waals surface area contributed by atoms with Crippen LogP contribution in [0.25, 0.3) is 0 Å². The van der Waals surface area contributed by atoms with Crippen molar-refractivity contribution in [3.05, 3.63) is 35.4 Å². The fourth-order valence-electron chi connectivity index (χ4n) is 4.75. The van der Waals surface area contributed by atoms with Crippen molar-refractivity contribution in [3.63, 3.8) is 0 Å². The van der Waals surface area contributed by atoms with Crippen molar-refractivity contribution in [3.8, 4) is 0 Å². The molecule has 26 heavy (non-hydrogen) atoms. The van der Waals surface area contributed by atoms with E-state index in [0.29, 0.717) is 29.9 Å². The maximum absolute atomic E-state index is 12.8. The summed E-state index contributed by atoms with van der Waals surface area (Å²) < 4.78 is 0. The Kier molecular flexibility index (Phi) is 4.96. The summed E-state index contributed by atoms with van der Waals surface area (Å²) in [5.41, 5.74) is 8.40. The van der Waals surface area contributed by atoms with Gasteiger partial charge < -0.3 is 10.2 Å². The third kappa shape index (κ3) is 3.23. The van der Waals surface area contributed by atoms with Crippen LogP contribution in [0, 0.1) is 11.8 Å². The molecule has 2 fully saturated rings. The summed E-state index contributed by atoms with van der Waals surface area (Å²) in [4.78, 5) is 26.8. The highest BCUT2D eigenvalue weighted by Gasteiger charge is 2.36. The number of hydrogen-bond donors (Lipinski definition) is 3. The zero-order chi connectivity index (χ0) is 18.1. The Balaban J connectivity index is 1.33. The highest BCUT2D eigenvalue weighted by molar-refractivity contribution is 5.99. The van der Waals surface area contributed by atoms with Gasteiger partial charge in [0.25, 0.3) is 5.91 Å². The van der Waals surface area contributed by atoms with Crippen LogP contribution in [0.2, 0.25) is 0 Å². The average Bonchev–Trinajstić information content (AvgIpc) is 3.27. The van der Waals surface area contributed by atoms with E-state index in [1.807, 2.05) is 29.2 Å². The minimum atomic E-state index is -0.186.